The lowest BCUT2D eigenvalue weighted by molar-refractivity contribution is 0.0619. The summed E-state index contributed by atoms with van der Waals surface area (Å²) in [6.07, 6.45) is 1.96. The van der Waals surface area contributed by atoms with E-state index in [-0.39, 0.29) is 5.91 Å². The van der Waals surface area contributed by atoms with E-state index in [1.54, 1.807) is 0 Å². The first-order chi connectivity index (χ1) is 8.17. The lowest BCUT2D eigenvalue weighted by atomic mass is 10.1. The first-order valence-corrected chi connectivity index (χ1v) is 6.84. The van der Waals surface area contributed by atoms with Gasteiger partial charge in [-0.3, -0.25) is 4.79 Å². The molecule has 1 aromatic rings. The van der Waals surface area contributed by atoms with Crippen molar-refractivity contribution < 1.29 is 4.79 Å². The number of likely N-dealkylation sites (N-methyl/N-ethyl adjacent to an activating group) is 1. The molecule has 2 heterocycles. The molecule has 1 saturated heterocycles. The van der Waals surface area contributed by atoms with E-state index in [4.69, 9.17) is 0 Å². The number of hydrogen-bond donors (Lipinski definition) is 1. The Morgan fingerprint density at radius 3 is 2.76 bits per heavy atom. The van der Waals surface area contributed by atoms with Crippen LogP contribution in [0.5, 0.6) is 0 Å². The minimum atomic E-state index is 0.131. The molecule has 0 atom stereocenters. The number of aromatic nitrogens is 1. The smallest absolute Gasteiger partial charge is 0.270 e. The summed E-state index contributed by atoms with van der Waals surface area (Å²) in [6, 6.07) is 2.26. The van der Waals surface area contributed by atoms with Gasteiger partial charge in [0.2, 0.25) is 0 Å². The van der Waals surface area contributed by atoms with E-state index in [9.17, 15) is 4.79 Å². The lowest BCUT2D eigenvalue weighted by Crippen LogP contribution is -2.58. The minimum Gasteiger partial charge on any atom is -0.343 e. The average molecular weight is 300 g/mol. The summed E-state index contributed by atoms with van der Waals surface area (Å²) in [4.78, 5) is 14.4. The van der Waals surface area contributed by atoms with Gasteiger partial charge in [0.1, 0.15) is 5.69 Å². The lowest BCUT2D eigenvalue weighted by Gasteiger charge is -2.37. The van der Waals surface area contributed by atoms with Crippen molar-refractivity contribution in [1.82, 2.24) is 14.8 Å². The Morgan fingerprint density at radius 1 is 1.59 bits per heavy atom. The zero-order valence-electron chi connectivity index (χ0n) is 10.2. The van der Waals surface area contributed by atoms with Gasteiger partial charge in [0.15, 0.2) is 0 Å². The highest BCUT2D eigenvalue weighted by molar-refractivity contribution is 9.10. The zero-order valence-corrected chi connectivity index (χ0v) is 11.8. The number of rotatable bonds is 4. The molecule has 1 amide bonds. The zero-order chi connectivity index (χ0) is 12.4. The molecule has 0 bridgehead atoms. The topological polar surface area (TPSA) is 37.3 Å². The molecule has 0 spiro atoms. The van der Waals surface area contributed by atoms with Crippen LogP contribution in [0.1, 0.15) is 24.3 Å². The molecule has 1 aliphatic heterocycles. The third-order valence-electron chi connectivity index (χ3n) is 3.23. The van der Waals surface area contributed by atoms with Crippen LogP contribution in [0.3, 0.4) is 0 Å². The highest BCUT2D eigenvalue weighted by atomic mass is 79.9. The van der Waals surface area contributed by atoms with Crippen molar-refractivity contribution in [2.75, 3.05) is 19.6 Å². The number of nitrogens with one attached hydrogen (secondary N) is 1. The van der Waals surface area contributed by atoms with E-state index in [0.717, 1.165) is 36.3 Å². The van der Waals surface area contributed by atoms with Gasteiger partial charge < -0.3 is 14.8 Å². The molecule has 4 nitrogen and oxygen atoms in total. The van der Waals surface area contributed by atoms with Gasteiger partial charge in [-0.15, -0.1) is 0 Å². The SMILES string of the molecule is CCN(C(=O)c1cc(Br)cn1CC)C1CNC1. The molecular weight excluding hydrogens is 282 g/mol. The third-order valence-corrected chi connectivity index (χ3v) is 3.66. The number of carbonyl (C=O) groups excluding carboxylic acids is 1. The summed E-state index contributed by atoms with van der Waals surface area (Å²) in [5.41, 5.74) is 0.771. The fourth-order valence-electron chi connectivity index (χ4n) is 2.12. The van der Waals surface area contributed by atoms with E-state index < -0.39 is 0 Å². The number of amides is 1. The molecule has 0 radical (unpaired) electrons. The van der Waals surface area contributed by atoms with Gasteiger partial charge in [-0.05, 0) is 35.8 Å². The molecule has 0 aliphatic carbocycles. The molecule has 1 N–H and O–H groups in total. The minimum absolute atomic E-state index is 0.131. The number of hydrogen-bond acceptors (Lipinski definition) is 2. The van der Waals surface area contributed by atoms with Crippen LogP contribution in [-0.2, 0) is 6.54 Å². The summed E-state index contributed by atoms with van der Waals surface area (Å²) in [5.74, 6) is 0.131. The molecule has 1 aliphatic rings. The van der Waals surface area contributed by atoms with Crippen molar-refractivity contribution >= 4 is 21.8 Å². The van der Waals surface area contributed by atoms with E-state index in [0.29, 0.717) is 6.04 Å². The molecule has 94 valence electrons. The van der Waals surface area contributed by atoms with Crippen LogP contribution in [0.25, 0.3) is 0 Å². The number of carbonyl (C=O) groups is 1. The Kier molecular flexibility index (Phi) is 3.89. The maximum Gasteiger partial charge on any atom is 0.270 e. The van der Waals surface area contributed by atoms with Gasteiger partial charge in [0, 0.05) is 36.8 Å². The summed E-state index contributed by atoms with van der Waals surface area (Å²) in [5, 5.41) is 3.21. The fraction of sp³-hybridized carbons (Fsp3) is 0.583. The summed E-state index contributed by atoms with van der Waals surface area (Å²) in [7, 11) is 0. The van der Waals surface area contributed by atoms with Crippen molar-refractivity contribution in [2.45, 2.75) is 26.4 Å². The Labute approximate surface area is 110 Å². The molecule has 1 aromatic heterocycles. The van der Waals surface area contributed by atoms with E-state index in [1.807, 2.05) is 35.6 Å². The third kappa shape index (κ3) is 2.40. The molecule has 2 rings (SSSR count). The second-order valence-corrected chi connectivity index (χ2v) is 5.15. The van der Waals surface area contributed by atoms with Crippen LogP contribution in [0.4, 0.5) is 0 Å². The largest absolute Gasteiger partial charge is 0.343 e. The normalized spacial score (nSPS) is 15.7. The van der Waals surface area contributed by atoms with Gasteiger partial charge in [-0.2, -0.15) is 0 Å². The van der Waals surface area contributed by atoms with E-state index in [2.05, 4.69) is 21.2 Å². The molecular formula is C12H18BrN3O. The van der Waals surface area contributed by atoms with E-state index >= 15 is 0 Å². The van der Waals surface area contributed by atoms with Gasteiger partial charge in [-0.25, -0.2) is 0 Å². The van der Waals surface area contributed by atoms with Crippen LogP contribution in [-0.4, -0.2) is 41.1 Å². The van der Waals surface area contributed by atoms with Gasteiger partial charge in [0.05, 0.1) is 6.04 Å². The Bertz CT molecular complexity index is 412. The van der Waals surface area contributed by atoms with Crippen molar-refractivity contribution in [3.8, 4) is 0 Å². The number of halogens is 1. The predicted molar refractivity (Wildman–Crippen MR) is 71.2 cm³/mol. The highest BCUT2D eigenvalue weighted by Gasteiger charge is 2.29. The maximum absolute atomic E-state index is 12.5. The quantitative estimate of drug-likeness (QED) is 0.919. The van der Waals surface area contributed by atoms with Crippen LogP contribution in [0, 0.1) is 0 Å². The summed E-state index contributed by atoms with van der Waals surface area (Å²) >= 11 is 3.43. The van der Waals surface area contributed by atoms with E-state index in [1.165, 1.54) is 0 Å². The fourth-order valence-corrected chi connectivity index (χ4v) is 2.59. The number of aryl methyl sites for hydroxylation is 1. The van der Waals surface area contributed by atoms with Crippen LogP contribution in [0.2, 0.25) is 0 Å². The van der Waals surface area contributed by atoms with Crippen molar-refractivity contribution in [3.63, 3.8) is 0 Å². The molecule has 1 fully saturated rings. The Balaban J connectivity index is 2.21. The summed E-state index contributed by atoms with van der Waals surface area (Å²) < 4.78 is 2.95. The molecule has 17 heavy (non-hydrogen) atoms. The van der Waals surface area contributed by atoms with Gasteiger partial charge in [0.25, 0.3) is 5.91 Å². The van der Waals surface area contributed by atoms with Crippen molar-refractivity contribution in [2.24, 2.45) is 0 Å². The van der Waals surface area contributed by atoms with Crippen molar-refractivity contribution in [1.29, 1.82) is 0 Å². The molecule has 0 unspecified atom stereocenters. The first kappa shape index (κ1) is 12.6. The number of nitrogens with zero attached hydrogens (tertiary/aromatic N) is 2. The molecule has 0 aromatic carbocycles. The highest BCUT2D eigenvalue weighted by Crippen LogP contribution is 2.18. The van der Waals surface area contributed by atoms with Gasteiger partial charge in [-0.1, -0.05) is 0 Å². The Hall–Kier alpha value is -0.810. The second kappa shape index (κ2) is 5.23. The molecule has 0 saturated carbocycles. The average Bonchev–Trinajstić information content (AvgIpc) is 2.63. The summed E-state index contributed by atoms with van der Waals surface area (Å²) in [6.45, 7) is 7.47. The standard InChI is InChI=1S/C12H18BrN3O/c1-3-15-8-9(13)5-11(15)12(17)16(4-2)10-6-14-7-10/h5,8,10,14H,3-4,6-7H2,1-2H3. The predicted octanol–water partition coefficient (Wildman–Crippen LogP) is 1.70. The first-order valence-electron chi connectivity index (χ1n) is 6.04. The molecule has 5 heteroatoms. The van der Waals surface area contributed by atoms with Crippen LogP contribution >= 0.6 is 15.9 Å². The Morgan fingerprint density at radius 2 is 2.29 bits per heavy atom. The van der Waals surface area contributed by atoms with Crippen molar-refractivity contribution in [3.05, 3.63) is 22.4 Å². The van der Waals surface area contributed by atoms with Crippen LogP contribution in [0.15, 0.2) is 16.7 Å². The van der Waals surface area contributed by atoms with Crippen LogP contribution < -0.4 is 5.32 Å². The van der Waals surface area contributed by atoms with Gasteiger partial charge >= 0.3 is 0 Å². The monoisotopic (exact) mass is 299 g/mol. The second-order valence-electron chi connectivity index (χ2n) is 4.23. The maximum atomic E-state index is 12.5.